The molecule has 0 spiro atoms. The van der Waals surface area contributed by atoms with Crippen molar-refractivity contribution >= 4 is 15.7 Å². The van der Waals surface area contributed by atoms with Gasteiger partial charge in [0.25, 0.3) is 0 Å². The Balaban J connectivity index is 1.96. The third kappa shape index (κ3) is 2.17. The molecule has 0 bridgehead atoms. The predicted octanol–water partition coefficient (Wildman–Crippen LogP) is 1.36. The van der Waals surface area contributed by atoms with Crippen LogP contribution in [0.25, 0.3) is 0 Å². The van der Waals surface area contributed by atoms with E-state index in [1.165, 1.54) is 0 Å². The van der Waals surface area contributed by atoms with Gasteiger partial charge in [-0.05, 0) is 37.0 Å². The molecule has 0 radical (unpaired) electrons. The molecule has 3 rings (SSSR count). The molecule has 5 nitrogen and oxygen atoms in total. The first-order valence-corrected chi connectivity index (χ1v) is 8.32. The molecule has 2 heterocycles. The Hall–Kier alpha value is -1.58. The second-order valence-electron chi connectivity index (χ2n) is 5.23. The number of nitrogens with zero attached hydrogens (tertiary/aromatic N) is 3. The number of nitriles is 1. The Morgan fingerprint density at radius 3 is 2.65 bits per heavy atom. The molecular formula is C14H17N3O2S. The molecule has 0 saturated carbocycles. The minimum absolute atomic E-state index is 0.306. The van der Waals surface area contributed by atoms with Crippen molar-refractivity contribution in [1.29, 1.82) is 5.26 Å². The first kappa shape index (κ1) is 13.4. The van der Waals surface area contributed by atoms with E-state index in [0.717, 1.165) is 37.1 Å². The molecule has 0 atom stereocenters. The average molecular weight is 291 g/mol. The molecule has 0 aromatic heterocycles. The summed E-state index contributed by atoms with van der Waals surface area (Å²) >= 11 is 0. The molecule has 6 heteroatoms. The van der Waals surface area contributed by atoms with Crippen molar-refractivity contribution in [3.63, 3.8) is 0 Å². The van der Waals surface area contributed by atoms with Crippen LogP contribution in [0.1, 0.15) is 18.4 Å². The van der Waals surface area contributed by atoms with E-state index >= 15 is 0 Å². The highest BCUT2D eigenvalue weighted by Gasteiger charge is 2.29. The zero-order chi connectivity index (χ0) is 14.2. The molecule has 0 N–H and O–H groups in total. The quantitative estimate of drug-likeness (QED) is 0.789. The van der Waals surface area contributed by atoms with Gasteiger partial charge in [0.1, 0.15) is 6.54 Å². The SMILES string of the molecule is N#CCN1CCc2ccc(S(=O)(=O)N3CCCC3)cc21. The zero-order valence-corrected chi connectivity index (χ0v) is 12.1. The van der Waals surface area contributed by atoms with Gasteiger partial charge in [0.05, 0.1) is 11.0 Å². The molecule has 1 fully saturated rings. The predicted molar refractivity (Wildman–Crippen MR) is 76.0 cm³/mol. The Morgan fingerprint density at radius 2 is 1.95 bits per heavy atom. The van der Waals surface area contributed by atoms with E-state index in [0.29, 0.717) is 24.5 Å². The van der Waals surface area contributed by atoms with Crippen LogP contribution < -0.4 is 4.90 Å². The summed E-state index contributed by atoms with van der Waals surface area (Å²) in [5.41, 5.74) is 2.02. The van der Waals surface area contributed by atoms with Gasteiger partial charge in [-0.2, -0.15) is 9.57 Å². The highest BCUT2D eigenvalue weighted by Crippen LogP contribution is 2.31. The summed E-state index contributed by atoms with van der Waals surface area (Å²) in [6.07, 6.45) is 2.75. The first-order chi connectivity index (χ1) is 9.63. The summed E-state index contributed by atoms with van der Waals surface area (Å²) in [5.74, 6) is 0. The van der Waals surface area contributed by atoms with Crippen molar-refractivity contribution in [2.24, 2.45) is 0 Å². The third-order valence-electron chi connectivity index (χ3n) is 4.01. The van der Waals surface area contributed by atoms with Crippen molar-refractivity contribution in [3.8, 4) is 6.07 Å². The maximum absolute atomic E-state index is 12.5. The summed E-state index contributed by atoms with van der Waals surface area (Å²) < 4.78 is 26.6. The van der Waals surface area contributed by atoms with Crippen LogP contribution in [0, 0.1) is 11.3 Å². The van der Waals surface area contributed by atoms with E-state index in [-0.39, 0.29) is 0 Å². The van der Waals surface area contributed by atoms with Crippen LogP contribution in [0.2, 0.25) is 0 Å². The molecule has 0 unspecified atom stereocenters. The van der Waals surface area contributed by atoms with Crippen LogP contribution in [0.15, 0.2) is 23.1 Å². The second kappa shape index (κ2) is 5.08. The maximum Gasteiger partial charge on any atom is 0.243 e. The van der Waals surface area contributed by atoms with Gasteiger partial charge in [0, 0.05) is 25.3 Å². The maximum atomic E-state index is 12.5. The highest BCUT2D eigenvalue weighted by molar-refractivity contribution is 7.89. The lowest BCUT2D eigenvalue weighted by Gasteiger charge is -2.19. The molecule has 2 aliphatic heterocycles. The summed E-state index contributed by atoms with van der Waals surface area (Å²) in [6, 6.07) is 7.44. The normalized spacial score (nSPS) is 19.1. The first-order valence-electron chi connectivity index (χ1n) is 6.88. The zero-order valence-electron chi connectivity index (χ0n) is 11.2. The molecule has 1 saturated heterocycles. The fourth-order valence-corrected chi connectivity index (χ4v) is 4.45. The smallest absolute Gasteiger partial charge is 0.243 e. The summed E-state index contributed by atoms with van der Waals surface area (Å²) in [4.78, 5) is 2.29. The molecule has 0 aliphatic carbocycles. The fourth-order valence-electron chi connectivity index (χ4n) is 2.91. The van der Waals surface area contributed by atoms with Gasteiger partial charge in [-0.1, -0.05) is 6.07 Å². The molecule has 1 aromatic rings. The van der Waals surface area contributed by atoms with Gasteiger partial charge in [-0.15, -0.1) is 0 Å². The average Bonchev–Trinajstić information content (AvgIpc) is 3.08. The van der Waals surface area contributed by atoms with Gasteiger partial charge in [0.15, 0.2) is 0 Å². The van der Waals surface area contributed by atoms with Gasteiger partial charge >= 0.3 is 0 Å². The van der Waals surface area contributed by atoms with Gasteiger partial charge in [-0.3, -0.25) is 0 Å². The van der Waals surface area contributed by atoms with E-state index in [4.69, 9.17) is 5.26 Å². The summed E-state index contributed by atoms with van der Waals surface area (Å²) in [6.45, 7) is 2.32. The van der Waals surface area contributed by atoms with E-state index in [2.05, 4.69) is 6.07 Å². The van der Waals surface area contributed by atoms with E-state index < -0.39 is 10.0 Å². The van der Waals surface area contributed by atoms with Crippen LogP contribution in [0.3, 0.4) is 0 Å². The van der Waals surface area contributed by atoms with Crippen LogP contribution in [-0.2, 0) is 16.4 Å². The molecule has 20 heavy (non-hydrogen) atoms. The van der Waals surface area contributed by atoms with Gasteiger partial charge in [-0.25, -0.2) is 8.42 Å². The van der Waals surface area contributed by atoms with Crippen molar-refractivity contribution in [2.75, 3.05) is 31.1 Å². The standard InChI is InChI=1S/C14H17N3O2S/c15-6-10-16-9-5-12-3-4-13(11-14(12)16)20(18,19)17-7-1-2-8-17/h3-4,11H,1-2,5,7-10H2. The highest BCUT2D eigenvalue weighted by atomic mass is 32.2. The van der Waals surface area contributed by atoms with Gasteiger partial charge < -0.3 is 4.90 Å². The Bertz CT molecular complexity index is 657. The molecule has 0 amide bonds. The third-order valence-corrected chi connectivity index (χ3v) is 5.91. The van der Waals surface area contributed by atoms with Crippen molar-refractivity contribution in [2.45, 2.75) is 24.2 Å². The van der Waals surface area contributed by atoms with Crippen LogP contribution in [0.4, 0.5) is 5.69 Å². The van der Waals surface area contributed by atoms with Gasteiger partial charge in [0.2, 0.25) is 10.0 Å². The lowest BCUT2D eigenvalue weighted by atomic mass is 10.2. The number of hydrogen-bond donors (Lipinski definition) is 0. The largest absolute Gasteiger partial charge is 0.358 e. The van der Waals surface area contributed by atoms with Crippen LogP contribution in [-0.4, -0.2) is 38.9 Å². The fraction of sp³-hybridized carbons (Fsp3) is 0.500. The lowest BCUT2D eigenvalue weighted by Crippen LogP contribution is -2.28. The van der Waals surface area contributed by atoms with Crippen molar-refractivity contribution in [1.82, 2.24) is 4.31 Å². The number of benzene rings is 1. The monoisotopic (exact) mass is 291 g/mol. The lowest BCUT2D eigenvalue weighted by molar-refractivity contribution is 0.477. The van der Waals surface area contributed by atoms with E-state index in [1.54, 1.807) is 16.4 Å². The topological polar surface area (TPSA) is 64.4 Å². The number of rotatable bonds is 3. The molecular weight excluding hydrogens is 274 g/mol. The summed E-state index contributed by atoms with van der Waals surface area (Å²) in [5, 5.41) is 8.84. The molecule has 1 aromatic carbocycles. The second-order valence-corrected chi connectivity index (χ2v) is 7.17. The number of sulfonamides is 1. The van der Waals surface area contributed by atoms with E-state index in [1.807, 2.05) is 11.0 Å². The van der Waals surface area contributed by atoms with Crippen molar-refractivity contribution in [3.05, 3.63) is 23.8 Å². The van der Waals surface area contributed by atoms with Crippen molar-refractivity contribution < 1.29 is 8.42 Å². The van der Waals surface area contributed by atoms with Crippen LogP contribution in [0.5, 0.6) is 0 Å². The van der Waals surface area contributed by atoms with E-state index in [9.17, 15) is 8.42 Å². The number of hydrogen-bond acceptors (Lipinski definition) is 4. The minimum atomic E-state index is -3.37. The number of fused-ring (bicyclic) bond motifs is 1. The minimum Gasteiger partial charge on any atom is -0.358 e. The summed E-state index contributed by atoms with van der Waals surface area (Å²) in [7, 11) is -3.37. The molecule has 106 valence electrons. The Morgan fingerprint density at radius 1 is 1.20 bits per heavy atom. The molecule has 2 aliphatic rings. The Kier molecular flexibility index (Phi) is 3.40. The Labute approximate surface area is 119 Å². The van der Waals surface area contributed by atoms with Crippen LogP contribution >= 0.6 is 0 Å². The number of anilines is 1.